The van der Waals surface area contributed by atoms with E-state index in [0.29, 0.717) is 5.92 Å². The Labute approximate surface area is 63.0 Å². The van der Waals surface area contributed by atoms with Gasteiger partial charge in [0, 0.05) is 13.2 Å². The summed E-state index contributed by atoms with van der Waals surface area (Å²) in [6.07, 6.45) is 7.96. The minimum atomic E-state index is 0.624. The summed E-state index contributed by atoms with van der Waals surface area (Å²) in [5, 5.41) is 0. The fourth-order valence-electron chi connectivity index (χ4n) is 0.473. The first-order valence-corrected chi connectivity index (χ1v) is 3.53. The molecule has 0 atom stereocenters. The van der Waals surface area contributed by atoms with Gasteiger partial charge in [-0.25, -0.2) is 5.43 Å². The van der Waals surface area contributed by atoms with Gasteiger partial charge in [-0.3, -0.25) is 0 Å². The fourth-order valence-corrected chi connectivity index (χ4v) is 0.473. The van der Waals surface area contributed by atoms with Crippen molar-refractivity contribution in [1.29, 1.82) is 0 Å². The van der Waals surface area contributed by atoms with Crippen LogP contribution >= 0.6 is 0 Å². The molecule has 0 aromatic rings. The zero-order valence-electron chi connectivity index (χ0n) is 6.89. The molecule has 10 heavy (non-hydrogen) atoms. The van der Waals surface area contributed by atoms with Gasteiger partial charge in [0.15, 0.2) is 0 Å². The molecule has 0 aliphatic carbocycles. The largest absolute Gasteiger partial charge is 0.329 e. The molecule has 2 N–H and O–H groups in total. The van der Waals surface area contributed by atoms with Crippen molar-refractivity contribution >= 4 is 0 Å². The Morgan fingerprint density at radius 3 is 2.40 bits per heavy atom. The Hall–Kier alpha value is -0.760. The van der Waals surface area contributed by atoms with E-state index >= 15 is 0 Å². The van der Waals surface area contributed by atoms with Crippen molar-refractivity contribution in [3.05, 3.63) is 24.4 Å². The minimum absolute atomic E-state index is 0.624. The minimum Gasteiger partial charge on any atom is -0.329 e. The SMILES string of the molecule is CNN/C=C\C=C\C(C)C. The number of allylic oxidation sites excluding steroid dienone is 3. The van der Waals surface area contributed by atoms with Crippen molar-refractivity contribution < 1.29 is 0 Å². The summed E-state index contributed by atoms with van der Waals surface area (Å²) in [5.74, 6) is 0.624. The number of hydrogen-bond donors (Lipinski definition) is 2. The molecule has 0 fully saturated rings. The standard InChI is InChI=1S/C8H16N2/c1-8(2)6-4-5-7-10-9-3/h4-10H,1-3H3/b6-4+,7-5-. The highest BCUT2D eigenvalue weighted by atomic mass is 15.3. The molecule has 0 amide bonds. The van der Waals surface area contributed by atoms with Gasteiger partial charge in [0.25, 0.3) is 0 Å². The highest BCUT2D eigenvalue weighted by Gasteiger charge is 1.78. The van der Waals surface area contributed by atoms with Crippen LogP contribution in [0.3, 0.4) is 0 Å². The van der Waals surface area contributed by atoms with Gasteiger partial charge in [0.05, 0.1) is 0 Å². The third kappa shape index (κ3) is 7.24. The average Bonchev–Trinajstić information content (AvgIpc) is 1.87. The molecule has 0 aromatic carbocycles. The zero-order chi connectivity index (χ0) is 7.82. The molecule has 0 saturated carbocycles. The van der Waals surface area contributed by atoms with Crippen LogP contribution < -0.4 is 10.9 Å². The second kappa shape index (κ2) is 6.36. The van der Waals surface area contributed by atoms with Crippen LogP contribution in [0.4, 0.5) is 0 Å². The van der Waals surface area contributed by atoms with Crippen LogP contribution in [0.5, 0.6) is 0 Å². The van der Waals surface area contributed by atoms with Crippen LogP contribution in [0.25, 0.3) is 0 Å². The van der Waals surface area contributed by atoms with Gasteiger partial charge in [0.1, 0.15) is 0 Å². The Kier molecular flexibility index (Phi) is 5.88. The van der Waals surface area contributed by atoms with Gasteiger partial charge >= 0.3 is 0 Å². The predicted molar refractivity (Wildman–Crippen MR) is 45.3 cm³/mol. The van der Waals surface area contributed by atoms with Gasteiger partial charge in [-0.1, -0.05) is 26.0 Å². The quantitative estimate of drug-likeness (QED) is 0.456. The molecule has 0 unspecified atom stereocenters. The summed E-state index contributed by atoms with van der Waals surface area (Å²) in [4.78, 5) is 0. The Bertz CT molecular complexity index is 114. The second-order valence-electron chi connectivity index (χ2n) is 2.38. The van der Waals surface area contributed by atoms with Gasteiger partial charge in [-0.15, -0.1) is 0 Å². The van der Waals surface area contributed by atoms with E-state index in [1.54, 1.807) is 0 Å². The van der Waals surface area contributed by atoms with E-state index in [0.717, 1.165) is 0 Å². The van der Waals surface area contributed by atoms with E-state index in [-0.39, 0.29) is 0 Å². The summed E-state index contributed by atoms with van der Waals surface area (Å²) in [7, 11) is 1.83. The number of hydrogen-bond acceptors (Lipinski definition) is 2. The molecule has 2 heteroatoms. The monoisotopic (exact) mass is 140 g/mol. The molecule has 0 aliphatic heterocycles. The Morgan fingerprint density at radius 1 is 1.20 bits per heavy atom. The smallest absolute Gasteiger partial charge is 0.0125 e. The third-order valence-corrected chi connectivity index (χ3v) is 0.931. The van der Waals surface area contributed by atoms with E-state index in [1.165, 1.54) is 0 Å². The summed E-state index contributed by atoms with van der Waals surface area (Å²) in [6.45, 7) is 4.30. The van der Waals surface area contributed by atoms with Crippen molar-refractivity contribution in [3.8, 4) is 0 Å². The molecule has 0 radical (unpaired) electrons. The molecule has 0 heterocycles. The molecule has 0 spiro atoms. The first-order valence-electron chi connectivity index (χ1n) is 3.53. The molecule has 2 nitrogen and oxygen atoms in total. The maximum absolute atomic E-state index is 2.84. The maximum atomic E-state index is 2.84. The van der Waals surface area contributed by atoms with Crippen LogP contribution in [-0.2, 0) is 0 Å². The maximum Gasteiger partial charge on any atom is 0.0125 e. The first-order chi connectivity index (χ1) is 4.77. The molecular weight excluding hydrogens is 124 g/mol. The van der Waals surface area contributed by atoms with Gasteiger partial charge < -0.3 is 5.43 Å². The summed E-state index contributed by atoms with van der Waals surface area (Å²) in [5.41, 5.74) is 5.63. The van der Waals surface area contributed by atoms with E-state index < -0.39 is 0 Å². The fraction of sp³-hybridized carbons (Fsp3) is 0.500. The van der Waals surface area contributed by atoms with E-state index in [9.17, 15) is 0 Å². The molecule has 58 valence electrons. The zero-order valence-corrected chi connectivity index (χ0v) is 6.89. The summed E-state index contributed by atoms with van der Waals surface area (Å²) >= 11 is 0. The number of rotatable bonds is 4. The first kappa shape index (κ1) is 9.24. The van der Waals surface area contributed by atoms with Crippen LogP contribution in [0.1, 0.15) is 13.8 Å². The Morgan fingerprint density at radius 2 is 1.90 bits per heavy atom. The molecule has 0 saturated heterocycles. The molecule has 0 aromatic heterocycles. The lowest BCUT2D eigenvalue weighted by Crippen LogP contribution is -2.20. The molecule has 0 bridgehead atoms. The summed E-state index contributed by atoms with van der Waals surface area (Å²) < 4.78 is 0. The lowest BCUT2D eigenvalue weighted by atomic mass is 10.2. The van der Waals surface area contributed by atoms with E-state index in [4.69, 9.17) is 0 Å². The van der Waals surface area contributed by atoms with Crippen molar-refractivity contribution in [1.82, 2.24) is 10.9 Å². The van der Waals surface area contributed by atoms with E-state index in [1.807, 2.05) is 25.4 Å². The number of hydrazine groups is 1. The number of nitrogens with one attached hydrogen (secondary N) is 2. The lowest BCUT2D eigenvalue weighted by Gasteiger charge is -1.92. The summed E-state index contributed by atoms with van der Waals surface area (Å²) in [6, 6.07) is 0. The highest BCUT2D eigenvalue weighted by molar-refractivity contribution is 5.01. The third-order valence-electron chi connectivity index (χ3n) is 0.931. The van der Waals surface area contributed by atoms with Crippen LogP contribution in [0, 0.1) is 5.92 Å². The van der Waals surface area contributed by atoms with Crippen LogP contribution in [-0.4, -0.2) is 7.05 Å². The highest BCUT2D eigenvalue weighted by Crippen LogP contribution is 1.92. The van der Waals surface area contributed by atoms with Crippen molar-refractivity contribution in [2.45, 2.75) is 13.8 Å². The van der Waals surface area contributed by atoms with Crippen LogP contribution in [0.2, 0.25) is 0 Å². The average molecular weight is 140 g/mol. The van der Waals surface area contributed by atoms with Gasteiger partial charge in [-0.2, -0.15) is 0 Å². The normalized spacial score (nSPS) is 12.0. The second-order valence-corrected chi connectivity index (χ2v) is 2.38. The van der Waals surface area contributed by atoms with Gasteiger partial charge in [-0.05, 0) is 12.0 Å². The Balaban J connectivity index is 3.32. The topological polar surface area (TPSA) is 24.1 Å². The molecular formula is C8H16N2. The van der Waals surface area contributed by atoms with Crippen molar-refractivity contribution in [2.24, 2.45) is 5.92 Å². The van der Waals surface area contributed by atoms with Crippen molar-refractivity contribution in [3.63, 3.8) is 0 Å². The molecule has 0 aliphatic rings. The van der Waals surface area contributed by atoms with Gasteiger partial charge in [0.2, 0.25) is 0 Å². The molecule has 0 rings (SSSR count). The predicted octanol–water partition coefficient (Wildman–Crippen LogP) is 1.44. The van der Waals surface area contributed by atoms with Crippen LogP contribution in [0.15, 0.2) is 24.4 Å². The van der Waals surface area contributed by atoms with Crippen molar-refractivity contribution in [2.75, 3.05) is 7.05 Å². The van der Waals surface area contributed by atoms with E-state index in [2.05, 4.69) is 30.8 Å². The lowest BCUT2D eigenvalue weighted by molar-refractivity contribution is 0.731.